The van der Waals surface area contributed by atoms with Crippen LogP contribution in [-0.2, 0) is 11.2 Å². The molecular weight excluding hydrogens is 276 g/mol. The van der Waals surface area contributed by atoms with E-state index in [1.54, 1.807) is 18.2 Å². The molecule has 0 radical (unpaired) electrons. The van der Waals surface area contributed by atoms with E-state index in [0.717, 1.165) is 30.4 Å². The lowest BCUT2D eigenvalue weighted by Crippen LogP contribution is -2.06. The lowest BCUT2D eigenvalue weighted by Gasteiger charge is -2.09. The van der Waals surface area contributed by atoms with Gasteiger partial charge in [-0.2, -0.15) is 0 Å². The van der Waals surface area contributed by atoms with Crippen LogP contribution in [0.5, 0.6) is 11.5 Å². The minimum atomic E-state index is -0.424. The maximum atomic E-state index is 11.9. The van der Waals surface area contributed by atoms with Gasteiger partial charge in [0.1, 0.15) is 11.5 Å². The molecule has 0 spiro atoms. The maximum absolute atomic E-state index is 11.9. The average Bonchev–Trinajstić information content (AvgIpc) is 2.54. The summed E-state index contributed by atoms with van der Waals surface area (Å²) >= 11 is 0. The molecule has 0 aliphatic rings. The number of carbonyl (C=O) groups excluding carboxylic acids is 1. The molecule has 114 valence electrons. The summed E-state index contributed by atoms with van der Waals surface area (Å²) in [6.45, 7) is 2.09. The number of carbonyl (C=O) groups is 1. The summed E-state index contributed by atoms with van der Waals surface area (Å²) in [6, 6.07) is 14.4. The standard InChI is InChI=1S/C19H20O3/c1-2-3-9-16-14-17(20)11-12-18(16)22-19(21)13-10-15-7-5-4-6-8-15/h4-8,10-14,20H,2-3,9H2,1H3/b13-10+. The molecule has 3 heteroatoms. The van der Waals surface area contributed by atoms with E-state index in [-0.39, 0.29) is 5.75 Å². The quantitative estimate of drug-likeness (QED) is 0.489. The number of aromatic hydroxyl groups is 1. The first-order valence-corrected chi connectivity index (χ1v) is 7.46. The van der Waals surface area contributed by atoms with Gasteiger partial charge in [0.15, 0.2) is 0 Å². The molecule has 0 aromatic heterocycles. The molecule has 0 saturated carbocycles. The number of phenolic OH excluding ortho intramolecular Hbond substituents is 1. The van der Waals surface area contributed by atoms with Crippen molar-refractivity contribution in [1.82, 2.24) is 0 Å². The molecule has 1 N–H and O–H groups in total. The van der Waals surface area contributed by atoms with Crippen molar-refractivity contribution in [2.45, 2.75) is 26.2 Å². The zero-order valence-electron chi connectivity index (χ0n) is 12.7. The Morgan fingerprint density at radius 2 is 1.95 bits per heavy atom. The zero-order valence-corrected chi connectivity index (χ0v) is 12.7. The molecule has 0 heterocycles. The fourth-order valence-corrected chi connectivity index (χ4v) is 2.10. The number of aryl methyl sites for hydroxylation is 1. The van der Waals surface area contributed by atoms with Gasteiger partial charge in [0.05, 0.1) is 0 Å². The Morgan fingerprint density at radius 3 is 2.68 bits per heavy atom. The van der Waals surface area contributed by atoms with Gasteiger partial charge in [-0.25, -0.2) is 4.79 Å². The Morgan fingerprint density at radius 1 is 1.18 bits per heavy atom. The highest BCUT2D eigenvalue weighted by molar-refractivity contribution is 5.88. The third-order valence-electron chi connectivity index (χ3n) is 3.27. The monoisotopic (exact) mass is 296 g/mol. The number of unbranched alkanes of at least 4 members (excludes halogenated alkanes) is 1. The molecule has 0 aliphatic carbocycles. The minimum Gasteiger partial charge on any atom is -0.508 e. The predicted molar refractivity (Wildman–Crippen MR) is 87.8 cm³/mol. The van der Waals surface area contributed by atoms with E-state index >= 15 is 0 Å². The number of esters is 1. The van der Waals surface area contributed by atoms with Crippen molar-refractivity contribution in [1.29, 1.82) is 0 Å². The number of hydrogen-bond acceptors (Lipinski definition) is 3. The van der Waals surface area contributed by atoms with Crippen molar-refractivity contribution in [3.05, 3.63) is 65.7 Å². The molecule has 22 heavy (non-hydrogen) atoms. The molecule has 2 aromatic carbocycles. The third-order valence-corrected chi connectivity index (χ3v) is 3.27. The molecule has 0 aliphatic heterocycles. The molecule has 2 rings (SSSR count). The third kappa shape index (κ3) is 4.77. The van der Waals surface area contributed by atoms with E-state index in [0.29, 0.717) is 5.75 Å². The molecule has 0 unspecified atom stereocenters. The molecule has 0 bridgehead atoms. The number of benzene rings is 2. The Hall–Kier alpha value is -2.55. The second-order valence-electron chi connectivity index (χ2n) is 5.06. The summed E-state index contributed by atoms with van der Waals surface area (Å²) in [4.78, 5) is 11.9. The van der Waals surface area contributed by atoms with Crippen LogP contribution in [0, 0.1) is 0 Å². The molecule has 0 saturated heterocycles. The van der Waals surface area contributed by atoms with E-state index in [9.17, 15) is 9.90 Å². The van der Waals surface area contributed by atoms with E-state index in [2.05, 4.69) is 6.92 Å². The summed E-state index contributed by atoms with van der Waals surface area (Å²) < 4.78 is 5.38. The van der Waals surface area contributed by atoms with Gasteiger partial charge < -0.3 is 9.84 Å². The molecule has 0 fully saturated rings. The second kappa shape index (κ2) is 8.03. The van der Waals surface area contributed by atoms with Gasteiger partial charge in [0.2, 0.25) is 0 Å². The number of rotatable bonds is 6. The van der Waals surface area contributed by atoms with Crippen molar-refractivity contribution >= 4 is 12.0 Å². The highest BCUT2D eigenvalue weighted by Gasteiger charge is 2.08. The van der Waals surface area contributed by atoms with E-state index in [1.165, 1.54) is 12.1 Å². The zero-order chi connectivity index (χ0) is 15.8. The normalized spacial score (nSPS) is 10.8. The van der Waals surface area contributed by atoms with Gasteiger partial charge in [-0.3, -0.25) is 0 Å². The van der Waals surface area contributed by atoms with Crippen molar-refractivity contribution in [2.24, 2.45) is 0 Å². The number of phenols is 1. The highest BCUT2D eigenvalue weighted by Crippen LogP contribution is 2.25. The maximum Gasteiger partial charge on any atom is 0.336 e. The van der Waals surface area contributed by atoms with Crippen LogP contribution in [0.4, 0.5) is 0 Å². The fourth-order valence-electron chi connectivity index (χ4n) is 2.10. The Labute approximate surface area is 130 Å². The number of hydrogen-bond donors (Lipinski definition) is 1. The minimum absolute atomic E-state index is 0.186. The van der Waals surface area contributed by atoms with Gasteiger partial charge in [-0.05, 0) is 48.2 Å². The molecular formula is C19H20O3. The predicted octanol–water partition coefficient (Wildman–Crippen LogP) is 4.35. The van der Waals surface area contributed by atoms with Crippen LogP contribution in [-0.4, -0.2) is 11.1 Å². The van der Waals surface area contributed by atoms with E-state index < -0.39 is 5.97 Å². The first-order valence-electron chi connectivity index (χ1n) is 7.46. The van der Waals surface area contributed by atoms with Crippen LogP contribution in [0.3, 0.4) is 0 Å². The topological polar surface area (TPSA) is 46.5 Å². The molecule has 0 atom stereocenters. The van der Waals surface area contributed by atoms with Gasteiger partial charge in [-0.1, -0.05) is 43.7 Å². The number of ether oxygens (including phenoxy) is 1. The fraction of sp³-hybridized carbons (Fsp3) is 0.211. The molecule has 3 nitrogen and oxygen atoms in total. The van der Waals surface area contributed by atoms with Gasteiger partial charge in [0, 0.05) is 6.08 Å². The van der Waals surface area contributed by atoms with Crippen LogP contribution in [0.15, 0.2) is 54.6 Å². The molecule has 0 amide bonds. The average molecular weight is 296 g/mol. The van der Waals surface area contributed by atoms with Crippen LogP contribution >= 0.6 is 0 Å². The van der Waals surface area contributed by atoms with Crippen LogP contribution < -0.4 is 4.74 Å². The second-order valence-corrected chi connectivity index (χ2v) is 5.06. The first kappa shape index (κ1) is 15.8. The first-order chi connectivity index (χ1) is 10.7. The molecule has 2 aromatic rings. The van der Waals surface area contributed by atoms with Crippen LogP contribution in [0.2, 0.25) is 0 Å². The summed E-state index contributed by atoms with van der Waals surface area (Å²) in [5, 5.41) is 9.57. The van der Waals surface area contributed by atoms with Crippen molar-refractivity contribution in [3.63, 3.8) is 0 Å². The summed E-state index contributed by atoms with van der Waals surface area (Å²) in [6.07, 6.45) is 5.92. The van der Waals surface area contributed by atoms with E-state index in [1.807, 2.05) is 30.3 Å². The van der Waals surface area contributed by atoms with E-state index in [4.69, 9.17) is 4.74 Å². The highest BCUT2D eigenvalue weighted by atomic mass is 16.5. The van der Waals surface area contributed by atoms with Crippen LogP contribution in [0.1, 0.15) is 30.9 Å². The Kier molecular flexibility index (Phi) is 5.78. The van der Waals surface area contributed by atoms with Gasteiger partial charge in [0.25, 0.3) is 0 Å². The van der Waals surface area contributed by atoms with Gasteiger partial charge >= 0.3 is 5.97 Å². The smallest absolute Gasteiger partial charge is 0.336 e. The lowest BCUT2D eigenvalue weighted by atomic mass is 10.1. The summed E-state index contributed by atoms with van der Waals surface area (Å²) in [5.74, 6) is 0.270. The van der Waals surface area contributed by atoms with Crippen LogP contribution in [0.25, 0.3) is 6.08 Å². The Balaban J connectivity index is 2.06. The van der Waals surface area contributed by atoms with Crippen molar-refractivity contribution in [3.8, 4) is 11.5 Å². The van der Waals surface area contributed by atoms with Crippen molar-refractivity contribution < 1.29 is 14.6 Å². The summed E-state index contributed by atoms with van der Waals surface area (Å²) in [5.41, 5.74) is 1.79. The van der Waals surface area contributed by atoms with Crippen molar-refractivity contribution in [2.75, 3.05) is 0 Å². The Bertz CT molecular complexity index is 645. The SMILES string of the molecule is CCCCc1cc(O)ccc1OC(=O)/C=C/c1ccccc1. The summed E-state index contributed by atoms with van der Waals surface area (Å²) in [7, 11) is 0. The lowest BCUT2D eigenvalue weighted by molar-refractivity contribution is -0.128. The largest absolute Gasteiger partial charge is 0.508 e. The van der Waals surface area contributed by atoms with Gasteiger partial charge in [-0.15, -0.1) is 0 Å².